The van der Waals surface area contributed by atoms with Crippen LogP contribution in [0.2, 0.25) is 0 Å². The molecule has 0 bridgehead atoms. The number of aliphatic hydroxyl groups excluding tert-OH is 1. The Kier molecular flexibility index (Phi) is 5.97. The summed E-state index contributed by atoms with van der Waals surface area (Å²) in [6, 6.07) is 11.3. The first kappa shape index (κ1) is 21.4. The number of aliphatic hydroxyl groups is 1. The van der Waals surface area contributed by atoms with Crippen molar-refractivity contribution in [1.29, 1.82) is 0 Å². The van der Waals surface area contributed by atoms with Crippen molar-refractivity contribution in [1.82, 2.24) is 20.1 Å². The number of aromatic nitrogens is 3. The van der Waals surface area contributed by atoms with Crippen LogP contribution in [0.5, 0.6) is 5.75 Å². The summed E-state index contributed by atoms with van der Waals surface area (Å²) in [6.07, 6.45) is 4.11. The maximum Gasteiger partial charge on any atom is 0.270 e. The van der Waals surface area contributed by atoms with E-state index in [1.54, 1.807) is 12.3 Å². The molecule has 33 heavy (non-hydrogen) atoms. The molecule has 0 unspecified atom stereocenters. The molecule has 2 atom stereocenters. The number of fused-ring (bicyclic) bond motifs is 1. The van der Waals surface area contributed by atoms with E-state index in [0.717, 1.165) is 16.8 Å². The number of likely N-dealkylation sites (N-methyl/N-ethyl adjacent to an activating group) is 1. The summed E-state index contributed by atoms with van der Waals surface area (Å²) in [5.41, 5.74) is 3.25. The molecule has 1 aromatic carbocycles. The predicted molar refractivity (Wildman–Crippen MR) is 122 cm³/mol. The molecule has 1 amide bonds. The highest BCUT2D eigenvalue weighted by atomic mass is 16.5. The minimum Gasteiger partial charge on any atom is -0.488 e. The van der Waals surface area contributed by atoms with E-state index >= 15 is 0 Å². The van der Waals surface area contributed by atoms with Crippen LogP contribution in [0.4, 0.5) is 5.82 Å². The molecule has 0 aliphatic carbocycles. The summed E-state index contributed by atoms with van der Waals surface area (Å²) in [4.78, 5) is 19.6. The van der Waals surface area contributed by atoms with Gasteiger partial charge >= 0.3 is 0 Å². The van der Waals surface area contributed by atoms with Gasteiger partial charge in [-0.2, -0.15) is 5.10 Å². The van der Waals surface area contributed by atoms with Crippen LogP contribution in [-0.4, -0.2) is 71.3 Å². The Hall–Kier alpha value is -3.43. The fourth-order valence-corrected chi connectivity index (χ4v) is 4.14. The Morgan fingerprint density at radius 2 is 2.12 bits per heavy atom. The third-order valence-electron chi connectivity index (χ3n) is 6.04. The van der Waals surface area contributed by atoms with Crippen molar-refractivity contribution in [2.45, 2.75) is 25.0 Å². The number of nitrogens with one attached hydrogen (secondary N) is 1. The molecule has 9 heteroatoms. The van der Waals surface area contributed by atoms with Crippen LogP contribution in [0.25, 0.3) is 5.69 Å². The molecule has 0 spiro atoms. The maximum atomic E-state index is 13.0. The number of rotatable bonds is 5. The number of ether oxygens (including phenoxy) is 2. The second kappa shape index (κ2) is 9.21. The van der Waals surface area contributed by atoms with Gasteiger partial charge < -0.3 is 24.8 Å². The largest absolute Gasteiger partial charge is 0.488 e. The van der Waals surface area contributed by atoms with Crippen molar-refractivity contribution >= 4 is 11.7 Å². The van der Waals surface area contributed by atoms with E-state index in [9.17, 15) is 9.90 Å². The first-order valence-electron chi connectivity index (χ1n) is 11.1. The van der Waals surface area contributed by atoms with Crippen LogP contribution in [-0.2, 0) is 11.2 Å². The van der Waals surface area contributed by atoms with Crippen molar-refractivity contribution in [3.63, 3.8) is 0 Å². The van der Waals surface area contributed by atoms with Crippen molar-refractivity contribution in [3.05, 3.63) is 65.6 Å². The predicted octanol–water partition coefficient (Wildman–Crippen LogP) is 1.57. The van der Waals surface area contributed by atoms with Gasteiger partial charge in [-0.25, -0.2) is 9.67 Å². The Morgan fingerprint density at radius 1 is 1.27 bits per heavy atom. The zero-order valence-electron chi connectivity index (χ0n) is 18.5. The number of nitrogens with zero attached hydrogens (tertiary/aromatic N) is 4. The quantitative estimate of drug-likeness (QED) is 0.610. The molecule has 9 nitrogen and oxygen atoms in total. The Morgan fingerprint density at radius 3 is 2.88 bits per heavy atom. The molecule has 4 heterocycles. The Labute approximate surface area is 192 Å². The number of amides is 1. The minimum absolute atomic E-state index is 0.288. The molecule has 2 N–H and O–H groups in total. The van der Waals surface area contributed by atoms with E-state index in [0.29, 0.717) is 49.9 Å². The SMILES string of the molecule is CN1CCOc2c(Cc3ccc(-n4cccn4)cc3)cc(C(=O)N[C@H]3COCC[C@@H]3O)nc21. The highest BCUT2D eigenvalue weighted by Gasteiger charge is 2.28. The molecule has 172 valence electrons. The van der Waals surface area contributed by atoms with Gasteiger partial charge in [0.25, 0.3) is 5.91 Å². The van der Waals surface area contributed by atoms with Gasteiger partial charge in [-0.3, -0.25) is 4.79 Å². The monoisotopic (exact) mass is 449 g/mol. The summed E-state index contributed by atoms with van der Waals surface area (Å²) < 4.78 is 13.2. The molecule has 2 aliphatic rings. The van der Waals surface area contributed by atoms with Gasteiger partial charge in [-0.1, -0.05) is 12.1 Å². The molecule has 5 rings (SSSR count). The summed E-state index contributed by atoms with van der Waals surface area (Å²) in [6.45, 7) is 2.04. The standard InChI is InChI=1S/C24H27N5O4/c1-28-10-12-33-22-17(13-16-3-5-18(6-4-16)29-9-2-8-25-29)14-19(26-23(22)28)24(31)27-20-15-32-11-7-21(20)30/h2-6,8-9,14,20-21,30H,7,10-13,15H2,1H3,(H,27,31)/t20-,21-/m0/s1. The van der Waals surface area contributed by atoms with Gasteiger partial charge in [-0.15, -0.1) is 0 Å². The van der Waals surface area contributed by atoms with Crippen molar-refractivity contribution < 1.29 is 19.4 Å². The summed E-state index contributed by atoms with van der Waals surface area (Å²) >= 11 is 0. The molecule has 0 saturated carbocycles. The number of pyridine rings is 1. The van der Waals surface area contributed by atoms with Gasteiger partial charge in [0.05, 0.1) is 31.0 Å². The number of carbonyl (C=O) groups excluding carboxylic acids is 1. The summed E-state index contributed by atoms with van der Waals surface area (Å²) in [5, 5.41) is 17.3. The molecule has 0 radical (unpaired) electrons. The molecule has 1 fully saturated rings. The molecule has 3 aromatic rings. The van der Waals surface area contributed by atoms with Gasteiger partial charge in [0, 0.05) is 38.0 Å². The average Bonchev–Trinajstić information content (AvgIpc) is 3.36. The van der Waals surface area contributed by atoms with E-state index in [1.807, 2.05) is 53.2 Å². The Balaban J connectivity index is 1.42. The van der Waals surface area contributed by atoms with Crippen molar-refractivity contribution in [3.8, 4) is 11.4 Å². The highest BCUT2D eigenvalue weighted by Crippen LogP contribution is 2.34. The smallest absolute Gasteiger partial charge is 0.270 e. The molecule has 1 saturated heterocycles. The van der Waals surface area contributed by atoms with E-state index in [4.69, 9.17) is 9.47 Å². The number of hydrogen-bond acceptors (Lipinski definition) is 7. The number of anilines is 1. The van der Waals surface area contributed by atoms with Gasteiger partial charge in [0.1, 0.15) is 12.3 Å². The number of benzene rings is 1. The number of hydrogen-bond donors (Lipinski definition) is 2. The average molecular weight is 450 g/mol. The van der Waals surface area contributed by atoms with Crippen LogP contribution < -0.4 is 15.0 Å². The minimum atomic E-state index is -0.626. The lowest BCUT2D eigenvalue weighted by atomic mass is 10.0. The molecular weight excluding hydrogens is 422 g/mol. The topological polar surface area (TPSA) is 102 Å². The lowest BCUT2D eigenvalue weighted by Gasteiger charge is -2.30. The normalized spacial score (nSPS) is 20.1. The van der Waals surface area contributed by atoms with Crippen LogP contribution in [0.1, 0.15) is 28.0 Å². The number of carbonyl (C=O) groups is 1. The van der Waals surface area contributed by atoms with Gasteiger partial charge in [0.2, 0.25) is 0 Å². The van der Waals surface area contributed by atoms with Crippen LogP contribution in [0.3, 0.4) is 0 Å². The summed E-state index contributed by atoms with van der Waals surface area (Å²) in [5.74, 6) is 1.02. The zero-order chi connectivity index (χ0) is 22.8. The van der Waals surface area contributed by atoms with Crippen LogP contribution in [0, 0.1) is 0 Å². The van der Waals surface area contributed by atoms with E-state index in [2.05, 4.69) is 15.4 Å². The lowest BCUT2D eigenvalue weighted by Crippen LogP contribution is -2.49. The fourth-order valence-electron chi connectivity index (χ4n) is 4.14. The van der Waals surface area contributed by atoms with Crippen LogP contribution >= 0.6 is 0 Å². The van der Waals surface area contributed by atoms with Gasteiger partial charge in [0.15, 0.2) is 11.6 Å². The van der Waals surface area contributed by atoms with E-state index in [1.165, 1.54) is 0 Å². The molecule has 2 aliphatic heterocycles. The maximum absolute atomic E-state index is 13.0. The van der Waals surface area contributed by atoms with Crippen LogP contribution in [0.15, 0.2) is 48.8 Å². The molecule has 2 aromatic heterocycles. The lowest BCUT2D eigenvalue weighted by molar-refractivity contribution is -0.0140. The first-order chi connectivity index (χ1) is 16.1. The highest BCUT2D eigenvalue weighted by molar-refractivity contribution is 5.93. The van der Waals surface area contributed by atoms with Crippen molar-refractivity contribution in [2.75, 3.05) is 38.3 Å². The third kappa shape index (κ3) is 4.55. The summed E-state index contributed by atoms with van der Waals surface area (Å²) in [7, 11) is 1.94. The second-order valence-electron chi connectivity index (χ2n) is 8.39. The van der Waals surface area contributed by atoms with E-state index in [-0.39, 0.29) is 12.5 Å². The fraction of sp³-hybridized carbons (Fsp3) is 0.375. The molecular formula is C24H27N5O4. The van der Waals surface area contributed by atoms with Crippen molar-refractivity contribution in [2.24, 2.45) is 0 Å². The van der Waals surface area contributed by atoms with Gasteiger partial charge in [-0.05, 0) is 36.2 Å². The first-order valence-corrected chi connectivity index (χ1v) is 11.1. The second-order valence-corrected chi connectivity index (χ2v) is 8.39. The van der Waals surface area contributed by atoms with E-state index < -0.39 is 12.1 Å². The third-order valence-corrected chi connectivity index (χ3v) is 6.04. The zero-order valence-corrected chi connectivity index (χ0v) is 18.5. The Bertz CT molecular complexity index is 1120.